The van der Waals surface area contributed by atoms with E-state index in [2.05, 4.69) is 126 Å². The van der Waals surface area contributed by atoms with Gasteiger partial charge in [0.05, 0.1) is 0 Å². The van der Waals surface area contributed by atoms with Crippen LogP contribution in [-0.2, 0) is 39.3 Å². The normalized spacial score (nSPS) is 12.7. The van der Waals surface area contributed by atoms with Crippen LogP contribution in [-0.4, -0.2) is 33.6 Å². The lowest BCUT2D eigenvalue weighted by molar-refractivity contribution is -0.134. The number of benzene rings is 2. The van der Waals surface area contributed by atoms with Crippen molar-refractivity contribution < 1.29 is 15.0 Å². The number of hydrogen-bond donors (Lipinski definition) is 2. The Morgan fingerprint density at radius 1 is 0.444 bits per heavy atom. The number of aromatic hydroxyl groups is 2. The predicted molar refractivity (Wildman–Crippen MR) is 276 cm³/mol. The van der Waals surface area contributed by atoms with Gasteiger partial charge in [0.25, 0.3) is 0 Å². The minimum atomic E-state index is -0.194. The highest BCUT2D eigenvalue weighted by Gasteiger charge is 2.30. The highest BCUT2D eigenvalue weighted by atomic mass is 16.3. The second-order valence-electron chi connectivity index (χ2n) is 23.9. The molecule has 0 heterocycles. The molecule has 0 bridgehead atoms. The molecule has 0 aliphatic carbocycles. The summed E-state index contributed by atoms with van der Waals surface area (Å²) in [5, 5.41) is 23.1. The molecule has 2 aromatic carbocycles. The zero-order chi connectivity index (χ0) is 47.3. The van der Waals surface area contributed by atoms with Crippen LogP contribution in [0.2, 0.25) is 0 Å². The van der Waals surface area contributed by atoms with Gasteiger partial charge in [-0.3, -0.25) is 4.79 Å². The second kappa shape index (κ2) is 27.9. The Hall–Kier alpha value is -2.49. The molecule has 2 N–H and O–H groups in total. The molecule has 4 nitrogen and oxygen atoms in total. The Balaban J connectivity index is 2.35. The number of aryl methyl sites for hydroxylation is 2. The summed E-state index contributed by atoms with van der Waals surface area (Å²) in [5.74, 6) is 1.18. The Kier molecular flexibility index (Phi) is 25.0. The Labute approximate surface area is 391 Å². The molecule has 0 spiro atoms. The summed E-state index contributed by atoms with van der Waals surface area (Å²) in [6.07, 6.45) is 31.2. The van der Waals surface area contributed by atoms with E-state index in [1.165, 1.54) is 127 Å². The minimum absolute atomic E-state index is 0.0967. The zero-order valence-corrected chi connectivity index (χ0v) is 44.2. The minimum Gasteiger partial charge on any atom is -0.507 e. The number of phenols is 2. The number of amides is 1. The summed E-state index contributed by atoms with van der Waals surface area (Å²) in [6.45, 7) is 31.7. The van der Waals surface area contributed by atoms with Crippen molar-refractivity contribution in [1.82, 2.24) is 4.90 Å². The first kappa shape index (κ1) is 56.6. The van der Waals surface area contributed by atoms with E-state index in [4.69, 9.17) is 0 Å². The summed E-state index contributed by atoms with van der Waals surface area (Å²) in [5.41, 5.74) is 5.73. The fourth-order valence-corrected chi connectivity index (χ4v) is 9.45. The number of hydrogen-bond acceptors (Lipinski definition) is 3. The maximum absolute atomic E-state index is 14.6. The molecule has 63 heavy (non-hydrogen) atoms. The summed E-state index contributed by atoms with van der Waals surface area (Å²) >= 11 is 0. The van der Waals surface area contributed by atoms with Crippen LogP contribution in [0.15, 0.2) is 24.3 Å². The first-order valence-corrected chi connectivity index (χ1v) is 26.6. The average Bonchev–Trinajstić information content (AvgIpc) is 3.18. The molecule has 0 aromatic heterocycles. The first-order chi connectivity index (χ1) is 29.5. The Bertz CT molecular complexity index is 1420. The molecule has 0 saturated heterocycles. The number of carbonyl (C=O) groups is 1. The van der Waals surface area contributed by atoms with Crippen molar-refractivity contribution in [3.8, 4) is 11.5 Å². The molecular weight excluding hydrogens is 771 g/mol. The predicted octanol–water partition coefficient (Wildman–Crippen LogP) is 17.7. The molecule has 0 unspecified atom stereocenters. The van der Waals surface area contributed by atoms with Gasteiger partial charge >= 0.3 is 0 Å². The molecule has 0 aliphatic rings. The SMILES string of the molecule is CCCCCCCCCCCCCCCCCC(=O)N(CCCCCCCC)C(CCc1cc(C(C)(C)C)c(O)c(C(C)(C)C)c1)CCc1cc(C(C)(C)C)c(O)c(C(C)(C)C)c1. The van der Waals surface area contributed by atoms with Crippen molar-refractivity contribution in [2.24, 2.45) is 0 Å². The Morgan fingerprint density at radius 3 is 1.00 bits per heavy atom. The molecule has 0 saturated carbocycles. The lowest BCUT2D eigenvalue weighted by Gasteiger charge is -2.34. The van der Waals surface area contributed by atoms with Gasteiger partial charge in [-0.2, -0.15) is 0 Å². The van der Waals surface area contributed by atoms with Crippen molar-refractivity contribution in [2.75, 3.05) is 6.54 Å². The second-order valence-corrected chi connectivity index (χ2v) is 23.9. The van der Waals surface area contributed by atoms with E-state index in [0.29, 0.717) is 23.8 Å². The van der Waals surface area contributed by atoms with E-state index >= 15 is 0 Å². The van der Waals surface area contributed by atoms with Gasteiger partial charge < -0.3 is 15.1 Å². The maximum atomic E-state index is 14.6. The highest BCUT2D eigenvalue weighted by molar-refractivity contribution is 5.76. The highest BCUT2D eigenvalue weighted by Crippen LogP contribution is 2.42. The molecule has 0 atom stereocenters. The van der Waals surface area contributed by atoms with E-state index in [0.717, 1.165) is 73.7 Å². The van der Waals surface area contributed by atoms with Crippen LogP contribution in [0.1, 0.15) is 284 Å². The molecular formula is C59H103NO3. The van der Waals surface area contributed by atoms with Gasteiger partial charge in [-0.25, -0.2) is 0 Å². The molecule has 0 fully saturated rings. The van der Waals surface area contributed by atoms with Crippen LogP contribution >= 0.6 is 0 Å². The number of rotatable bonds is 30. The van der Waals surface area contributed by atoms with Gasteiger partial charge in [0.2, 0.25) is 5.91 Å². The van der Waals surface area contributed by atoms with Crippen molar-refractivity contribution >= 4 is 5.91 Å². The fourth-order valence-electron chi connectivity index (χ4n) is 9.45. The van der Waals surface area contributed by atoms with E-state index in [9.17, 15) is 15.0 Å². The zero-order valence-electron chi connectivity index (χ0n) is 44.2. The van der Waals surface area contributed by atoms with Gasteiger partial charge in [0, 0.05) is 19.0 Å². The van der Waals surface area contributed by atoms with Crippen LogP contribution in [0.4, 0.5) is 0 Å². The topological polar surface area (TPSA) is 60.8 Å². The van der Waals surface area contributed by atoms with Crippen LogP contribution in [0.5, 0.6) is 11.5 Å². The van der Waals surface area contributed by atoms with Crippen LogP contribution in [0.3, 0.4) is 0 Å². The molecule has 362 valence electrons. The summed E-state index contributed by atoms with van der Waals surface area (Å²) in [6, 6.07) is 9.05. The number of unbranched alkanes of at least 4 members (excludes halogenated alkanes) is 19. The van der Waals surface area contributed by atoms with Gasteiger partial charge in [-0.05, 0) is 93.6 Å². The standard InChI is InChI=1S/C59H103NO3/c1-15-17-19-21-23-24-25-26-27-28-29-30-31-32-34-36-53(61)60(41-35-33-22-20-18-16-2)48(39-37-46-42-49(56(3,4)5)54(62)50(43-46)57(6,7)8)40-38-47-44-51(58(9,10)11)55(63)52(45-47)59(12,13)14/h42-45,48,62-63H,15-41H2,1-14H3. The van der Waals surface area contributed by atoms with E-state index in [1.54, 1.807) is 0 Å². The van der Waals surface area contributed by atoms with Crippen LogP contribution < -0.4 is 0 Å². The molecule has 2 aromatic rings. The lowest BCUT2D eigenvalue weighted by Crippen LogP contribution is -2.41. The van der Waals surface area contributed by atoms with Gasteiger partial charge in [0.1, 0.15) is 11.5 Å². The molecule has 2 rings (SSSR count). The quantitative estimate of drug-likeness (QED) is 0.0769. The van der Waals surface area contributed by atoms with Gasteiger partial charge in [-0.1, -0.05) is 243 Å². The maximum Gasteiger partial charge on any atom is 0.222 e. The fraction of sp³-hybridized carbons (Fsp3) is 0.780. The van der Waals surface area contributed by atoms with Crippen molar-refractivity contribution in [3.05, 3.63) is 57.6 Å². The molecule has 1 amide bonds. The van der Waals surface area contributed by atoms with E-state index in [1.807, 2.05) is 0 Å². The molecule has 4 heteroatoms. The summed E-state index contributed by atoms with van der Waals surface area (Å²) < 4.78 is 0. The number of nitrogens with zero attached hydrogens (tertiary/aromatic N) is 1. The van der Waals surface area contributed by atoms with Crippen molar-refractivity contribution in [3.63, 3.8) is 0 Å². The largest absolute Gasteiger partial charge is 0.507 e. The van der Waals surface area contributed by atoms with Crippen molar-refractivity contribution in [2.45, 2.75) is 292 Å². The summed E-state index contributed by atoms with van der Waals surface area (Å²) in [4.78, 5) is 16.9. The van der Waals surface area contributed by atoms with Crippen molar-refractivity contribution in [1.29, 1.82) is 0 Å². The smallest absolute Gasteiger partial charge is 0.222 e. The van der Waals surface area contributed by atoms with Crippen LogP contribution in [0.25, 0.3) is 0 Å². The van der Waals surface area contributed by atoms with E-state index < -0.39 is 0 Å². The van der Waals surface area contributed by atoms with Crippen LogP contribution in [0, 0.1) is 0 Å². The number of carbonyl (C=O) groups excluding carboxylic acids is 1. The van der Waals surface area contributed by atoms with E-state index in [-0.39, 0.29) is 27.7 Å². The third kappa shape index (κ3) is 21.1. The summed E-state index contributed by atoms with van der Waals surface area (Å²) in [7, 11) is 0. The third-order valence-electron chi connectivity index (χ3n) is 13.6. The monoisotopic (exact) mass is 874 g/mol. The first-order valence-electron chi connectivity index (χ1n) is 26.6. The van der Waals surface area contributed by atoms with Gasteiger partial charge in [0.15, 0.2) is 0 Å². The lowest BCUT2D eigenvalue weighted by atomic mass is 9.77. The molecule has 0 radical (unpaired) electrons. The molecule has 0 aliphatic heterocycles. The third-order valence-corrected chi connectivity index (χ3v) is 13.6. The van der Waals surface area contributed by atoms with Gasteiger partial charge in [-0.15, -0.1) is 0 Å². The Morgan fingerprint density at radius 2 is 0.714 bits per heavy atom. The number of phenolic OH excluding ortho intramolecular Hbond substituents is 2. The average molecular weight is 874 g/mol.